The summed E-state index contributed by atoms with van der Waals surface area (Å²) in [5.41, 5.74) is 5.88. The number of nitrogens with zero attached hydrogens (tertiary/aromatic N) is 3. The summed E-state index contributed by atoms with van der Waals surface area (Å²) in [6.07, 6.45) is 0. The van der Waals surface area contributed by atoms with Crippen molar-refractivity contribution in [3.8, 4) is 0 Å². The van der Waals surface area contributed by atoms with E-state index in [1.54, 1.807) is 0 Å². The van der Waals surface area contributed by atoms with E-state index < -0.39 is 15.8 Å². The number of ether oxygens (including phenoxy) is 1. The van der Waals surface area contributed by atoms with Crippen LogP contribution in [-0.2, 0) is 14.8 Å². The third-order valence-electron chi connectivity index (χ3n) is 3.55. The molecule has 0 unspecified atom stereocenters. The van der Waals surface area contributed by atoms with E-state index in [0.29, 0.717) is 32.3 Å². The first-order valence-electron chi connectivity index (χ1n) is 7.26. The summed E-state index contributed by atoms with van der Waals surface area (Å²) in [5, 5.41) is 0. The molecule has 1 aromatic carbocycles. The maximum atomic E-state index is 12.9. The Bertz CT molecular complexity index is 642. The predicted octanol–water partition coefficient (Wildman–Crippen LogP) is 0.0931. The Hall–Kier alpha value is -1.71. The zero-order valence-electron chi connectivity index (χ0n) is 13.0. The van der Waals surface area contributed by atoms with Crippen LogP contribution in [0.15, 0.2) is 34.2 Å². The Labute approximate surface area is 135 Å². The molecule has 0 amide bonds. The molecule has 0 radical (unpaired) electrons. The van der Waals surface area contributed by atoms with Gasteiger partial charge in [0.15, 0.2) is 5.96 Å². The van der Waals surface area contributed by atoms with Crippen molar-refractivity contribution < 1.29 is 17.5 Å². The van der Waals surface area contributed by atoms with Crippen molar-refractivity contribution in [1.29, 1.82) is 0 Å². The normalized spacial score (nSPS) is 16.8. The molecular weight excluding hydrogens is 323 g/mol. The molecule has 1 aliphatic rings. The SMILES string of the molecule is CN(CCN=C(N)N1CCOCC1)S(=O)(=O)c1ccc(F)cc1. The molecule has 1 aliphatic heterocycles. The van der Waals surface area contributed by atoms with E-state index in [-0.39, 0.29) is 18.0 Å². The van der Waals surface area contributed by atoms with E-state index in [4.69, 9.17) is 10.5 Å². The lowest BCUT2D eigenvalue weighted by molar-refractivity contribution is 0.0674. The maximum Gasteiger partial charge on any atom is 0.242 e. The molecule has 0 aliphatic carbocycles. The number of benzene rings is 1. The van der Waals surface area contributed by atoms with E-state index in [9.17, 15) is 12.8 Å². The molecule has 2 N–H and O–H groups in total. The van der Waals surface area contributed by atoms with Crippen molar-refractivity contribution in [2.45, 2.75) is 4.90 Å². The van der Waals surface area contributed by atoms with Crippen molar-refractivity contribution in [1.82, 2.24) is 9.21 Å². The Balaban J connectivity index is 1.93. The highest BCUT2D eigenvalue weighted by Crippen LogP contribution is 2.14. The number of nitrogens with two attached hydrogens (primary N) is 1. The van der Waals surface area contributed by atoms with Gasteiger partial charge in [-0.05, 0) is 24.3 Å². The smallest absolute Gasteiger partial charge is 0.242 e. The zero-order chi connectivity index (χ0) is 16.9. The van der Waals surface area contributed by atoms with Gasteiger partial charge < -0.3 is 15.4 Å². The molecule has 7 nitrogen and oxygen atoms in total. The predicted molar refractivity (Wildman–Crippen MR) is 85.1 cm³/mol. The lowest BCUT2D eigenvalue weighted by Crippen LogP contribution is -2.45. The highest BCUT2D eigenvalue weighted by Gasteiger charge is 2.20. The fourth-order valence-electron chi connectivity index (χ4n) is 2.10. The molecular formula is C14H21FN4O3S. The van der Waals surface area contributed by atoms with E-state index in [1.165, 1.54) is 23.5 Å². The first kappa shape index (κ1) is 17.6. The summed E-state index contributed by atoms with van der Waals surface area (Å²) in [7, 11) is -2.20. The second-order valence-corrected chi connectivity index (χ2v) is 7.16. The minimum absolute atomic E-state index is 0.0477. The standard InChI is InChI=1S/C14H21FN4O3S/c1-18(23(20,21)13-4-2-12(15)3-5-13)7-6-17-14(16)19-8-10-22-11-9-19/h2-5H,6-11H2,1H3,(H2,16,17). The molecule has 23 heavy (non-hydrogen) atoms. The molecule has 1 aromatic rings. The molecule has 9 heteroatoms. The minimum atomic E-state index is -3.66. The third-order valence-corrected chi connectivity index (χ3v) is 5.42. The van der Waals surface area contributed by atoms with E-state index >= 15 is 0 Å². The average molecular weight is 344 g/mol. The Morgan fingerprint density at radius 2 is 1.96 bits per heavy atom. The van der Waals surface area contributed by atoms with Crippen LogP contribution < -0.4 is 5.73 Å². The third kappa shape index (κ3) is 4.63. The van der Waals surface area contributed by atoms with Crippen LogP contribution in [0.2, 0.25) is 0 Å². The molecule has 1 saturated heterocycles. The summed E-state index contributed by atoms with van der Waals surface area (Å²) in [6, 6.07) is 4.73. The maximum absolute atomic E-state index is 12.9. The van der Waals surface area contributed by atoms with Gasteiger partial charge in [-0.25, -0.2) is 12.8 Å². The van der Waals surface area contributed by atoms with Crippen LogP contribution in [0.4, 0.5) is 4.39 Å². The van der Waals surface area contributed by atoms with E-state index in [0.717, 1.165) is 12.1 Å². The number of rotatable bonds is 5. The van der Waals surface area contributed by atoms with E-state index in [2.05, 4.69) is 4.99 Å². The van der Waals surface area contributed by atoms with Gasteiger partial charge in [0.25, 0.3) is 0 Å². The molecule has 128 valence electrons. The number of hydrogen-bond acceptors (Lipinski definition) is 4. The van der Waals surface area contributed by atoms with Crippen molar-refractivity contribution in [3.63, 3.8) is 0 Å². The highest BCUT2D eigenvalue weighted by molar-refractivity contribution is 7.89. The highest BCUT2D eigenvalue weighted by atomic mass is 32.2. The number of likely N-dealkylation sites (N-methyl/N-ethyl adjacent to an activating group) is 1. The number of halogens is 1. The second-order valence-electron chi connectivity index (χ2n) is 5.12. The van der Waals surface area contributed by atoms with Gasteiger partial charge in [0.2, 0.25) is 10.0 Å². The first-order valence-corrected chi connectivity index (χ1v) is 8.70. The van der Waals surface area contributed by atoms with Gasteiger partial charge in [0.1, 0.15) is 5.82 Å². The molecule has 2 rings (SSSR count). The van der Waals surface area contributed by atoms with E-state index in [1.807, 2.05) is 4.90 Å². The summed E-state index contributed by atoms with van der Waals surface area (Å²) < 4.78 is 43.9. The lowest BCUT2D eigenvalue weighted by atomic mass is 10.4. The summed E-state index contributed by atoms with van der Waals surface area (Å²) in [4.78, 5) is 6.16. The van der Waals surface area contributed by atoms with Crippen LogP contribution >= 0.6 is 0 Å². The quantitative estimate of drug-likeness (QED) is 0.604. The number of sulfonamides is 1. The molecule has 1 fully saturated rings. The van der Waals surface area contributed by atoms with Gasteiger partial charge in [0, 0.05) is 26.7 Å². The van der Waals surface area contributed by atoms with Crippen molar-refractivity contribution in [2.75, 3.05) is 46.4 Å². The van der Waals surface area contributed by atoms with Crippen LogP contribution in [0.25, 0.3) is 0 Å². The van der Waals surface area contributed by atoms with Crippen molar-refractivity contribution in [2.24, 2.45) is 10.7 Å². The molecule has 1 heterocycles. The average Bonchev–Trinajstić information content (AvgIpc) is 2.55. The monoisotopic (exact) mass is 344 g/mol. The number of aliphatic imine (C=N–C) groups is 1. The zero-order valence-corrected chi connectivity index (χ0v) is 13.8. The molecule has 0 aromatic heterocycles. The number of hydrogen-bond donors (Lipinski definition) is 1. The van der Waals surface area contributed by atoms with Crippen LogP contribution in [-0.4, -0.2) is 70.0 Å². The van der Waals surface area contributed by atoms with Gasteiger partial charge in [-0.3, -0.25) is 4.99 Å². The minimum Gasteiger partial charge on any atom is -0.378 e. The van der Waals surface area contributed by atoms with Crippen LogP contribution in [0.3, 0.4) is 0 Å². The van der Waals surface area contributed by atoms with Gasteiger partial charge in [-0.1, -0.05) is 0 Å². The first-order chi connectivity index (χ1) is 10.9. The Morgan fingerprint density at radius 1 is 1.35 bits per heavy atom. The summed E-state index contributed by atoms with van der Waals surface area (Å²) >= 11 is 0. The second kappa shape index (κ2) is 7.71. The van der Waals surface area contributed by atoms with Crippen LogP contribution in [0.5, 0.6) is 0 Å². The van der Waals surface area contributed by atoms with Gasteiger partial charge in [-0.15, -0.1) is 0 Å². The van der Waals surface area contributed by atoms with Gasteiger partial charge in [-0.2, -0.15) is 4.31 Å². The number of morpholine rings is 1. The fourth-order valence-corrected chi connectivity index (χ4v) is 3.27. The Kier molecular flexibility index (Phi) is 5.91. The number of guanidine groups is 1. The fraction of sp³-hybridized carbons (Fsp3) is 0.500. The van der Waals surface area contributed by atoms with Gasteiger partial charge in [0.05, 0.1) is 24.7 Å². The van der Waals surface area contributed by atoms with Crippen LogP contribution in [0.1, 0.15) is 0 Å². The molecule has 0 atom stereocenters. The largest absolute Gasteiger partial charge is 0.378 e. The topological polar surface area (TPSA) is 88.2 Å². The van der Waals surface area contributed by atoms with Crippen LogP contribution in [0, 0.1) is 5.82 Å². The Morgan fingerprint density at radius 3 is 2.57 bits per heavy atom. The van der Waals surface area contributed by atoms with Crippen molar-refractivity contribution >= 4 is 16.0 Å². The molecule has 0 saturated carbocycles. The molecule has 0 spiro atoms. The van der Waals surface area contributed by atoms with Crippen molar-refractivity contribution in [3.05, 3.63) is 30.1 Å². The lowest BCUT2D eigenvalue weighted by Gasteiger charge is -2.27. The summed E-state index contributed by atoms with van der Waals surface area (Å²) in [5.74, 6) is -0.0876. The molecule has 0 bridgehead atoms. The van der Waals surface area contributed by atoms with Gasteiger partial charge >= 0.3 is 0 Å². The summed E-state index contributed by atoms with van der Waals surface area (Å²) in [6.45, 7) is 3.01.